The van der Waals surface area contributed by atoms with Crippen molar-refractivity contribution in [2.75, 3.05) is 0 Å². The fraction of sp³-hybridized carbons (Fsp3) is 0.133. The smallest absolute Gasteiger partial charge is 0.268 e. The SMILES string of the molecule is Cc1oc(Cn2ccc3c(Cl)cccc32)cc1C(=O)NN. The molecule has 5 nitrogen and oxygen atoms in total. The highest BCUT2D eigenvalue weighted by molar-refractivity contribution is 6.35. The summed E-state index contributed by atoms with van der Waals surface area (Å²) in [5.41, 5.74) is 3.57. The average Bonchev–Trinajstić information content (AvgIpc) is 3.04. The number of aryl methyl sites for hydroxylation is 1. The number of hydrogen-bond acceptors (Lipinski definition) is 3. The molecular formula is C15H14ClN3O2. The van der Waals surface area contributed by atoms with E-state index >= 15 is 0 Å². The van der Waals surface area contributed by atoms with Gasteiger partial charge in [0.1, 0.15) is 11.5 Å². The van der Waals surface area contributed by atoms with Crippen LogP contribution < -0.4 is 11.3 Å². The largest absolute Gasteiger partial charge is 0.464 e. The summed E-state index contributed by atoms with van der Waals surface area (Å²) in [7, 11) is 0. The molecule has 2 heterocycles. The molecule has 3 rings (SSSR count). The molecule has 1 amide bonds. The van der Waals surface area contributed by atoms with Crippen LogP contribution in [0.1, 0.15) is 21.9 Å². The molecule has 0 aliphatic carbocycles. The molecule has 0 atom stereocenters. The van der Waals surface area contributed by atoms with Crippen molar-refractivity contribution in [2.24, 2.45) is 5.84 Å². The van der Waals surface area contributed by atoms with Gasteiger partial charge in [-0.15, -0.1) is 0 Å². The van der Waals surface area contributed by atoms with Gasteiger partial charge in [0, 0.05) is 22.1 Å². The highest BCUT2D eigenvalue weighted by Gasteiger charge is 2.14. The van der Waals surface area contributed by atoms with Crippen LogP contribution in [0, 0.1) is 6.92 Å². The van der Waals surface area contributed by atoms with Crippen LogP contribution in [0.15, 0.2) is 40.9 Å². The Hall–Kier alpha value is -2.24. The Morgan fingerprint density at radius 2 is 2.24 bits per heavy atom. The minimum absolute atomic E-state index is 0.358. The number of hydrogen-bond donors (Lipinski definition) is 2. The van der Waals surface area contributed by atoms with Crippen LogP contribution in [0.2, 0.25) is 5.02 Å². The topological polar surface area (TPSA) is 73.2 Å². The molecule has 21 heavy (non-hydrogen) atoms. The van der Waals surface area contributed by atoms with E-state index in [0.29, 0.717) is 28.7 Å². The standard InChI is InChI=1S/C15H14ClN3O2/c1-9-12(15(20)18-17)7-10(21-9)8-19-6-5-11-13(16)3-2-4-14(11)19/h2-7H,8,17H2,1H3,(H,18,20). The number of carbonyl (C=O) groups excluding carboxylic acids is 1. The monoisotopic (exact) mass is 303 g/mol. The van der Waals surface area contributed by atoms with E-state index in [2.05, 4.69) is 5.43 Å². The molecule has 0 saturated heterocycles. The van der Waals surface area contributed by atoms with E-state index in [0.717, 1.165) is 10.9 Å². The first-order chi connectivity index (χ1) is 10.1. The fourth-order valence-electron chi connectivity index (χ4n) is 2.42. The average molecular weight is 304 g/mol. The van der Waals surface area contributed by atoms with Gasteiger partial charge in [-0.1, -0.05) is 17.7 Å². The Labute approximate surface area is 126 Å². The van der Waals surface area contributed by atoms with Crippen molar-refractivity contribution >= 4 is 28.4 Å². The molecule has 2 aromatic heterocycles. The summed E-state index contributed by atoms with van der Waals surface area (Å²) < 4.78 is 7.64. The molecule has 0 bridgehead atoms. The second kappa shape index (κ2) is 5.27. The van der Waals surface area contributed by atoms with Crippen LogP contribution in [0.5, 0.6) is 0 Å². The van der Waals surface area contributed by atoms with Gasteiger partial charge in [-0.25, -0.2) is 5.84 Å². The van der Waals surface area contributed by atoms with Crippen molar-refractivity contribution in [3.05, 3.63) is 58.6 Å². The number of hydrazine groups is 1. The van der Waals surface area contributed by atoms with Crippen molar-refractivity contribution in [2.45, 2.75) is 13.5 Å². The summed E-state index contributed by atoms with van der Waals surface area (Å²) in [4.78, 5) is 11.6. The van der Waals surface area contributed by atoms with Gasteiger partial charge in [-0.05, 0) is 31.2 Å². The maximum absolute atomic E-state index is 11.6. The summed E-state index contributed by atoms with van der Waals surface area (Å²) in [6.07, 6.45) is 1.94. The molecule has 108 valence electrons. The molecule has 0 radical (unpaired) electrons. The van der Waals surface area contributed by atoms with Crippen LogP contribution >= 0.6 is 11.6 Å². The molecule has 0 fully saturated rings. The lowest BCUT2D eigenvalue weighted by molar-refractivity contribution is 0.0952. The molecule has 1 aromatic carbocycles. The quantitative estimate of drug-likeness (QED) is 0.444. The van der Waals surface area contributed by atoms with Gasteiger partial charge >= 0.3 is 0 Å². The van der Waals surface area contributed by atoms with Crippen LogP contribution in [0.25, 0.3) is 10.9 Å². The van der Waals surface area contributed by atoms with Gasteiger partial charge < -0.3 is 8.98 Å². The molecule has 3 N–H and O–H groups in total. The number of nitrogens with one attached hydrogen (secondary N) is 1. The van der Waals surface area contributed by atoms with Crippen molar-refractivity contribution in [3.63, 3.8) is 0 Å². The van der Waals surface area contributed by atoms with E-state index in [1.807, 2.05) is 35.0 Å². The number of carbonyl (C=O) groups is 1. The lowest BCUT2D eigenvalue weighted by Gasteiger charge is -2.03. The number of nitrogens with two attached hydrogens (primary N) is 1. The summed E-state index contributed by atoms with van der Waals surface area (Å²) in [6.45, 7) is 2.25. The molecule has 6 heteroatoms. The number of rotatable bonds is 3. The summed E-state index contributed by atoms with van der Waals surface area (Å²) in [5, 5.41) is 1.70. The Bertz CT molecular complexity index is 820. The van der Waals surface area contributed by atoms with Crippen LogP contribution in [-0.2, 0) is 6.54 Å². The molecule has 0 aliphatic heterocycles. The van der Waals surface area contributed by atoms with E-state index in [1.54, 1.807) is 13.0 Å². The van der Waals surface area contributed by atoms with Gasteiger partial charge in [-0.3, -0.25) is 10.2 Å². The van der Waals surface area contributed by atoms with E-state index in [4.69, 9.17) is 21.9 Å². The number of fused-ring (bicyclic) bond motifs is 1. The Balaban J connectivity index is 1.96. The molecule has 0 saturated carbocycles. The van der Waals surface area contributed by atoms with Crippen molar-refractivity contribution in [1.29, 1.82) is 0 Å². The molecule has 0 spiro atoms. The normalized spacial score (nSPS) is 11.0. The summed E-state index contributed by atoms with van der Waals surface area (Å²) in [6, 6.07) is 9.41. The Morgan fingerprint density at radius 1 is 1.43 bits per heavy atom. The third-order valence-corrected chi connectivity index (χ3v) is 3.76. The third kappa shape index (κ3) is 2.41. The minimum Gasteiger partial charge on any atom is -0.464 e. The third-order valence-electron chi connectivity index (χ3n) is 3.43. The lowest BCUT2D eigenvalue weighted by Crippen LogP contribution is -2.30. The first-order valence-corrected chi connectivity index (χ1v) is 6.81. The Morgan fingerprint density at radius 3 is 3.00 bits per heavy atom. The summed E-state index contributed by atoms with van der Waals surface area (Å²) in [5.74, 6) is 6.02. The highest BCUT2D eigenvalue weighted by Crippen LogP contribution is 2.25. The summed E-state index contributed by atoms with van der Waals surface area (Å²) >= 11 is 6.16. The van der Waals surface area contributed by atoms with Crippen molar-refractivity contribution in [3.8, 4) is 0 Å². The van der Waals surface area contributed by atoms with Gasteiger partial charge in [0.2, 0.25) is 0 Å². The molecule has 3 aromatic rings. The van der Waals surface area contributed by atoms with Crippen LogP contribution in [0.4, 0.5) is 0 Å². The molecular weight excluding hydrogens is 290 g/mol. The molecule has 0 aliphatic rings. The minimum atomic E-state index is -0.358. The second-order valence-corrected chi connectivity index (χ2v) is 5.18. The predicted octanol–water partition coefficient (Wildman–Crippen LogP) is 2.85. The Kier molecular flexibility index (Phi) is 3.45. The maximum Gasteiger partial charge on any atom is 0.268 e. The number of furan rings is 1. The number of amides is 1. The lowest BCUT2D eigenvalue weighted by atomic mass is 10.2. The van der Waals surface area contributed by atoms with E-state index in [1.165, 1.54) is 0 Å². The van der Waals surface area contributed by atoms with Crippen LogP contribution in [0.3, 0.4) is 0 Å². The number of halogens is 1. The fourth-order valence-corrected chi connectivity index (χ4v) is 2.65. The van der Waals surface area contributed by atoms with E-state index in [9.17, 15) is 4.79 Å². The van der Waals surface area contributed by atoms with Crippen LogP contribution in [-0.4, -0.2) is 10.5 Å². The van der Waals surface area contributed by atoms with E-state index < -0.39 is 0 Å². The van der Waals surface area contributed by atoms with Gasteiger partial charge in [0.25, 0.3) is 5.91 Å². The zero-order chi connectivity index (χ0) is 15.0. The zero-order valence-corrected chi connectivity index (χ0v) is 12.1. The first-order valence-electron chi connectivity index (χ1n) is 6.43. The van der Waals surface area contributed by atoms with Crippen molar-refractivity contribution < 1.29 is 9.21 Å². The predicted molar refractivity (Wildman–Crippen MR) is 81.1 cm³/mol. The number of aromatic nitrogens is 1. The molecule has 0 unspecified atom stereocenters. The number of nitrogens with zero attached hydrogens (tertiary/aromatic N) is 1. The first kappa shape index (κ1) is 13.7. The van der Waals surface area contributed by atoms with Gasteiger partial charge in [0.05, 0.1) is 12.1 Å². The van der Waals surface area contributed by atoms with E-state index in [-0.39, 0.29) is 5.91 Å². The van der Waals surface area contributed by atoms with Gasteiger partial charge in [0.15, 0.2) is 0 Å². The highest BCUT2D eigenvalue weighted by atomic mass is 35.5. The maximum atomic E-state index is 11.6. The van der Waals surface area contributed by atoms with Crippen molar-refractivity contribution in [1.82, 2.24) is 9.99 Å². The zero-order valence-electron chi connectivity index (χ0n) is 11.4. The van der Waals surface area contributed by atoms with Gasteiger partial charge in [-0.2, -0.15) is 0 Å². The number of nitrogen functional groups attached to an aromatic ring is 1. The number of benzene rings is 1. The second-order valence-electron chi connectivity index (χ2n) is 4.77.